The first-order valence-electron chi connectivity index (χ1n) is 8.74. The van der Waals surface area contributed by atoms with Gasteiger partial charge in [-0.25, -0.2) is 14.3 Å². The summed E-state index contributed by atoms with van der Waals surface area (Å²) in [5, 5.41) is 17.3. The molecule has 3 aromatic rings. The average Bonchev–Trinajstić information content (AvgIpc) is 3.09. The molecule has 1 aliphatic rings. The highest BCUT2D eigenvalue weighted by Gasteiger charge is 2.30. The minimum Gasteiger partial charge on any atom is -0.476 e. The predicted molar refractivity (Wildman–Crippen MR) is 105 cm³/mol. The lowest BCUT2D eigenvalue weighted by Crippen LogP contribution is -2.39. The molecule has 142 valence electrons. The van der Waals surface area contributed by atoms with Crippen molar-refractivity contribution in [1.82, 2.24) is 14.7 Å². The Morgan fingerprint density at radius 2 is 1.79 bits per heavy atom. The molecule has 0 bridgehead atoms. The van der Waals surface area contributed by atoms with Gasteiger partial charge in [-0.3, -0.25) is 0 Å². The van der Waals surface area contributed by atoms with Crippen LogP contribution in [0.1, 0.15) is 21.7 Å². The number of anilines is 1. The Morgan fingerprint density at radius 3 is 2.46 bits per heavy atom. The lowest BCUT2D eigenvalue weighted by Gasteiger charge is -2.28. The zero-order chi connectivity index (χ0) is 19.7. The topological polar surface area (TPSA) is 87.5 Å². The number of rotatable bonds is 3. The number of nitrogens with one attached hydrogen (secondary N) is 1. The maximum atomic E-state index is 12.6. The fourth-order valence-electron chi connectivity index (χ4n) is 3.28. The van der Waals surface area contributed by atoms with Gasteiger partial charge >= 0.3 is 12.0 Å². The van der Waals surface area contributed by atoms with Crippen molar-refractivity contribution in [1.29, 1.82) is 0 Å². The number of fused-ring (bicyclic) bond motifs is 1. The molecule has 0 saturated heterocycles. The van der Waals surface area contributed by atoms with Crippen LogP contribution >= 0.6 is 11.6 Å². The van der Waals surface area contributed by atoms with E-state index in [0.29, 0.717) is 29.2 Å². The van der Waals surface area contributed by atoms with Gasteiger partial charge in [0.25, 0.3) is 0 Å². The minimum absolute atomic E-state index is 0.0251. The van der Waals surface area contributed by atoms with Crippen molar-refractivity contribution in [2.45, 2.75) is 13.0 Å². The smallest absolute Gasteiger partial charge is 0.356 e. The Morgan fingerprint density at radius 1 is 1.07 bits per heavy atom. The Bertz CT molecular complexity index is 1030. The number of benzene rings is 2. The second-order valence-corrected chi connectivity index (χ2v) is 6.87. The molecule has 28 heavy (non-hydrogen) atoms. The molecule has 0 atom stereocenters. The molecule has 0 radical (unpaired) electrons. The third kappa shape index (κ3) is 3.44. The monoisotopic (exact) mass is 396 g/mol. The molecule has 8 heteroatoms. The molecule has 2 amide bonds. The number of aromatic carboxylic acids is 1. The van der Waals surface area contributed by atoms with Gasteiger partial charge in [-0.05, 0) is 36.4 Å². The highest BCUT2D eigenvalue weighted by atomic mass is 35.5. The summed E-state index contributed by atoms with van der Waals surface area (Å²) in [5.41, 5.74) is 2.78. The first-order chi connectivity index (χ1) is 13.5. The molecule has 2 N–H and O–H groups in total. The van der Waals surface area contributed by atoms with E-state index in [1.165, 1.54) is 0 Å². The van der Waals surface area contributed by atoms with Crippen LogP contribution in [-0.2, 0) is 13.0 Å². The van der Waals surface area contributed by atoms with E-state index >= 15 is 0 Å². The summed E-state index contributed by atoms with van der Waals surface area (Å²) in [6, 6.07) is 15.9. The second-order valence-electron chi connectivity index (χ2n) is 6.43. The van der Waals surface area contributed by atoms with Gasteiger partial charge in [0.2, 0.25) is 0 Å². The zero-order valence-electron chi connectivity index (χ0n) is 14.8. The third-order valence-electron chi connectivity index (χ3n) is 4.64. The summed E-state index contributed by atoms with van der Waals surface area (Å²) >= 11 is 5.87. The number of carbonyl (C=O) groups excluding carboxylic acids is 1. The molecular formula is C20H17ClN4O3. The number of hydrogen-bond donors (Lipinski definition) is 2. The highest BCUT2D eigenvalue weighted by molar-refractivity contribution is 6.30. The summed E-state index contributed by atoms with van der Waals surface area (Å²) in [4.78, 5) is 25.9. The molecule has 7 nitrogen and oxygen atoms in total. The van der Waals surface area contributed by atoms with Crippen LogP contribution in [0.3, 0.4) is 0 Å². The normalized spacial score (nSPS) is 13.1. The van der Waals surface area contributed by atoms with Crippen molar-refractivity contribution in [3.63, 3.8) is 0 Å². The van der Waals surface area contributed by atoms with Crippen molar-refractivity contribution >= 4 is 29.3 Å². The minimum atomic E-state index is -1.11. The van der Waals surface area contributed by atoms with Crippen molar-refractivity contribution < 1.29 is 14.7 Å². The first-order valence-corrected chi connectivity index (χ1v) is 9.11. The SMILES string of the molecule is O=C(O)c1nn(-c2ccccc2)c2c1CN(C(=O)Nc1ccc(Cl)cc1)CC2. The number of para-hydroxylation sites is 1. The number of aromatic nitrogens is 2. The van der Waals surface area contributed by atoms with Crippen LogP contribution in [0.15, 0.2) is 54.6 Å². The van der Waals surface area contributed by atoms with E-state index in [1.54, 1.807) is 33.8 Å². The van der Waals surface area contributed by atoms with Gasteiger partial charge < -0.3 is 15.3 Å². The Hall–Kier alpha value is -3.32. The molecule has 2 heterocycles. The van der Waals surface area contributed by atoms with Crippen LogP contribution in [0.25, 0.3) is 5.69 Å². The van der Waals surface area contributed by atoms with E-state index in [2.05, 4.69) is 10.4 Å². The first kappa shape index (κ1) is 18.1. The van der Waals surface area contributed by atoms with Crippen molar-refractivity contribution in [2.24, 2.45) is 0 Å². The van der Waals surface area contributed by atoms with Gasteiger partial charge in [-0.15, -0.1) is 0 Å². The van der Waals surface area contributed by atoms with Crippen LogP contribution < -0.4 is 5.32 Å². The van der Waals surface area contributed by atoms with Gasteiger partial charge in [-0.2, -0.15) is 5.10 Å². The number of urea groups is 1. The average molecular weight is 397 g/mol. The summed E-state index contributed by atoms with van der Waals surface area (Å²) < 4.78 is 1.66. The number of carbonyl (C=O) groups is 2. The second kappa shape index (κ2) is 7.36. The van der Waals surface area contributed by atoms with Crippen LogP contribution in [0, 0.1) is 0 Å². The van der Waals surface area contributed by atoms with E-state index in [1.807, 2.05) is 30.3 Å². The summed E-state index contributed by atoms with van der Waals surface area (Å²) in [6.45, 7) is 0.646. The molecule has 0 spiro atoms. The third-order valence-corrected chi connectivity index (χ3v) is 4.90. The van der Waals surface area contributed by atoms with Crippen molar-refractivity contribution in [3.05, 3.63) is 76.6 Å². The summed E-state index contributed by atoms with van der Waals surface area (Å²) in [6.07, 6.45) is 0.512. The number of nitrogens with zero attached hydrogens (tertiary/aromatic N) is 3. The molecule has 1 aliphatic heterocycles. The summed E-state index contributed by atoms with van der Waals surface area (Å²) in [7, 11) is 0. The number of halogens is 1. The maximum Gasteiger partial charge on any atom is 0.356 e. The largest absolute Gasteiger partial charge is 0.476 e. The molecule has 4 rings (SSSR count). The van der Waals surface area contributed by atoms with Gasteiger partial charge in [0.15, 0.2) is 5.69 Å². The van der Waals surface area contributed by atoms with Gasteiger partial charge in [0.05, 0.1) is 17.9 Å². The quantitative estimate of drug-likeness (QED) is 0.704. The molecule has 0 aliphatic carbocycles. The molecule has 0 saturated carbocycles. The lowest BCUT2D eigenvalue weighted by molar-refractivity contribution is 0.0687. The van der Waals surface area contributed by atoms with E-state index in [-0.39, 0.29) is 18.3 Å². The van der Waals surface area contributed by atoms with E-state index in [9.17, 15) is 14.7 Å². The Labute approximate surface area is 166 Å². The van der Waals surface area contributed by atoms with E-state index in [0.717, 1.165) is 11.4 Å². The standard InChI is InChI=1S/C20H17ClN4O3/c21-13-6-8-14(9-7-13)22-20(28)24-11-10-17-16(12-24)18(19(26)27)23-25(17)15-4-2-1-3-5-15/h1-9H,10-12H2,(H,22,28)(H,26,27). The highest BCUT2D eigenvalue weighted by Crippen LogP contribution is 2.26. The molecule has 0 fully saturated rings. The van der Waals surface area contributed by atoms with Gasteiger partial charge in [-0.1, -0.05) is 29.8 Å². The number of carboxylic acids is 1. The summed E-state index contributed by atoms with van der Waals surface area (Å²) in [5.74, 6) is -1.11. The molecule has 0 unspecified atom stereocenters. The van der Waals surface area contributed by atoms with Crippen LogP contribution in [0.4, 0.5) is 10.5 Å². The number of amides is 2. The predicted octanol–water partition coefficient (Wildman–Crippen LogP) is 3.81. The van der Waals surface area contributed by atoms with Gasteiger partial charge in [0, 0.05) is 29.2 Å². The Kier molecular flexibility index (Phi) is 4.75. The fourth-order valence-corrected chi connectivity index (χ4v) is 3.41. The lowest BCUT2D eigenvalue weighted by atomic mass is 10.1. The van der Waals surface area contributed by atoms with Crippen molar-refractivity contribution in [2.75, 3.05) is 11.9 Å². The van der Waals surface area contributed by atoms with Crippen LogP contribution in [-0.4, -0.2) is 38.3 Å². The zero-order valence-corrected chi connectivity index (χ0v) is 15.6. The fraction of sp³-hybridized carbons (Fsp3) is 0.150. The molecular weight excluding hydrogens is 380 g/mol. The number of hydrogen-bond acceptors (Lipinski definition) is 3. The van der Waals surface area contributed by atoms with Crippen molar-refractivity contribution in [3.8, 4) is 5.69 Å². The maximum absolute atomic E-state index is 12.6. The van der Waals surface area contributed by atoms with E-state index in [4.69, 9.17) is 11.6 Å². The molecule has 2 aromatic carbocycles. The van der Waals surface area contributed by atoms with Crippen LogP contribution in [0.5, 0.6) is 0 Å². The van der Waals surface area contributed by atoms with Gasteiger partial charge in [0.1, 0.15) is 0 Å². The van der Waals surface area contributed by atoms with Crippen LogP contribution in [0.2, 0.25) is 5.02 Å². The Balaban J connectivity index is 1.61. The molecule has 1 aromatic heterocycles. The van der Waals surface area contributed by atoms with E-state index < -0.39 is 5.97 Å². The number of carboxylic acid groups (broad SMARTS) is 1.